The van der Waals surface area contributed by atoms with Crippen molar-refractivity contribution < 1.29 is 28.6 Å². The summed E-state index contributed by atoms with van der Waals surface area (Å²) in [5.74, 6) is -0.842. The van der Waals surface area contributed by atoms with Crippen LogP contribution in [0.2, 0.25) is 0 Å². The first kappa shape index (κ1) is 56.4. The van der Waals surface area contributed by atoms with Gasteiger partial charge in [0.15, 0.2) is 6.10 Å². The minimum atomic E-state index is -0.759. The van der Waals surface area contributed by atoms with Crippen LogP contribution in [0, 0.1) is 0 Å². The van der Waals surface area contributed by atoms with Crippen molar-refractivity contribution in [3.05, 3.63) is 0 Å². The van der Waals surface area contributed by atoms with Crippen molar-refractivity contribution in [2.45, 2.75) is 303 Å². The van der Waals surface area contributed by atoms with E-state index in [2.05, 4.69) is 20.8 Å². The molecule has 0 spiro atoms. The van der Waals surface area contributed by atoms with E-state index in [1.165, 1.54) is 199 Å². The van der Waals surface area contributed by atoms with Gasteiger partial charge in [0.05, 0.1) is 0 Å². The van der Waals surface area contributed by atoms with E-state index in [-0.39, 0.29) is 31.1 Å². The summed E-state index contributed by atoms with van der Waals surface area (Å²) in [5.41, 5.74) is 0. The van der Waals surface area contributed by atoms with E-state index < -0.39 is 6.10 Å². The van der Waals surface area contributed by atoms with Gasteiger partial charge < -0.3 is 14.2 Å². The fourth-order valence-corrected chi connectivity index (χ4v) is 7.92. The maximum absolute atomic E-state index is 12.7. The van der Waals surface area contributed by atoms with E-state index in [1.807, 2.05) is 0 Å². The van der Waals surface area contributed by atoms with Gasteiger partial charge in [-0.25, -0.2) is 0 Å². The van der Waals surface area contributed by atoms with Crippen molar-refractivity contribution in [2.75, 3.05) is 13.2 Å². The van der Waals surface area contributed by atoms with Crippen LogP contribution in [-0.2, 0) is 28.6 Å². The lowest BCUT2D eigenvalue weighted by molar-refractivity contribution is -0.167. The molecule has 0 heterocycles. The molecule has 6 heteroatoms. The Balaban J connectivity index is 4.25. The summed E-state index contributed by atoms with van der Waals surface area (Å²) in [6, 6.07) is 0. The highest BCUT2D eigenvalue weighted by atomic mass is 16.6. The molecular weight excluding hydrogens is 721 g/mol. The third-order valence-electron chi connectivity index (χ3n) is 11.9. The molecule has 0 aromatic carbocycles. The number of rotatable bonds is 48. The monoisotopic (exact) mass is 821 g/mol. The largest absolute Gasteiger partial charge is 0.462 e. The highest BCUT2D eigenvalue weighted by Gasteiger charge is 2.19. The first-order valence-electron chi connectivity index (χ1n) is 26.0. The molecule has 0 fully saturated rings. The van der Waals surface area contributed by atoms with E-state index in [9.17, 15) is 14.4 Å². The molecule has 6 nitrogen and oxygen atoms in total. The van der Waals surface area contributed by atoms with Crippen molar-refractivity contribution in [1.82, 2.24) is 0 Å². The minimum Gasteiger partial charge on any atom is -0.462 e. The van der Waals surface area contributed by atoms with Gasteiger partial charge in [0.1, 0.15) is 13.2 Å². The van der Waals surface area contributed by atoms with Gasteiger partial charge in [0.25, 0.3) is 0 Å². The average molecular weight is 821 g/mol. The van der Waals surface area contributed by atoms with Gasteiger partial charge in [-0.05, 0) is 19.3 Å². The smallest absolute Gasteiger partial charge is 0.306 e. The molecule has 0 rings (SSSR count). The lowest BCUT2D eigenvalue weighted by atomic mass is 10.0. The summed E-state index contributed by atoms with van der Waals surface area (Å²) in [6.07, 6.45) is 50.8. The number of hydrogen-bond donors (Lipinski definition) is 0. The quantitative estimate of drug-likeness (QED) is 0.0346. The van der Waals surface area contributed by atoms with Gasteiger partial charge in [-0.15, -0.1) is 0 Å². The molecular formula is C52H100O6. The van der Waals surface area contributed by atoms with Crippen molar-refractivity contribution >= 4 is 17.9 Å². The Hall–Kier alpha value is -1.59. The molecule has 58 heavy (non-hydrogen) atoms. The molecule has 0 aromatic heterocycles. The predicted molar refractivity (Wildman–Crippen MR) is 247 cm³/mol. The van der Waals surface area contributed by atoms with Crippen molar-refractivity contribution in [1.29, 1.82) is 0 Å². The molecule has 0 saturated carbocycles. The topological polar surface area (TPSA) is 78.9 Å². The summed E-state index contributed by atoms with van der Waals surface area (Å²) in [6.45, 7) is 6.67. The predicted octanol–water partition coefficient (Wildman–Crippen LogP) is 16.8. The lowest BCUT2D eigenvalue weighted by Gasteiger charge is -2.18. The molecule has 0 aliphatic rings. The van der Waals surface area contributed by atoms with Crippen LogP contribution in [0.3, 0.4) is 0 Å². The van der Waals surface area contributed by atoms with Crippen molar-refractivity contribution in [2.24, 2.45) is 0 Å². The standard InChI is InChI=1S/C52H100O6/c1-4-7-10-13-16-19-22-24-26-27-29-31-34-36-39-42-45-51(54)57-48-49(58-52(55)46-43-40-37-32-21-18-15-12-9-6-3)47-56-50(53)44-41-38-35-33-30-28-25-23-20-17-14-11-8-5-2/h49H,4-48H2,1-3H3/t49-/m0/s1. The van der Waals surface area contributed by atoms with Crippen LogP contribution in [0.1, 0.15) is 297 Å². The number of hydrogen-bond acceptors (Lipinski definition) is 6. The van der Waals surface area contributed by atoms with Crippen LogP contribution in [0.5, 0.6) is 0 Å². The molecule has 0 aromatic rings. The van der Waals surface area contributed by atoms with Gasteiger partial charge in [-0.3, -0.25) is 14.4 Å². The number of unbranched alkanes of at least 4 members (excludes halogenated alkanes) is 37. The van der Waals surface area contributed by atoms with Gasteiger partial charge in [0.2, 0.25) is 0 Å². The number of carbonyl (C=O) groups excluding carboxylic acids is 3. The van der Waals surface area contributed by atoms with E-state index in [0.29, 0.717) is 19.3 Å². The summed E-state index contributed by atoms with van der Waals surface area (Å²) in [4.78, 5) is 37.9. The number of carbonyl (C=O) groups is 3. The Labute approximate surface area is 361 Å². The third kappa shape index (κ3) is 45.5. The third-order valence-corrected chi connectivity index (χ3v) is 11.9. The van der Waals surface area contributed by atoms with Crippen LogP contribution in [-0.4, -0.2) is 37.2 Å². The second kappa shape index (κ2) is 48.1. The van der Waals surface area contributed by atoms with Crippen molar-refractivity contribution in [3.8, 4) is 0 Å². The van der Waals surface area contributed by atoms with Gasteiger partial charge in [-0.1, -0.05) is 258 Å². The Morgan fingerprint density at radius 1 is 0.276 bits per heavy atom. The van der Waals surface area contributed by atoms with E-state index in [4.69, 9.17) is 14.2 Å². The molecule has 0 aliphatic carbocycles. The van der Waals surface area contributed by atoms with Crippen molar-refractivity contribution in [3.63, 3.8) is 0 Å². The molecule has 0 radical (unpaired) electrons. The van der Waals surface area contributed by atoms with E-state index in [1.54, 1.807) is 0 Å². The highest BCUT2D eigenvalue weighted by molar-refractivity contribution is 5.71. The lowest BCUT2D eigenvalue weighted by Crippen LogP contribution is -2.30. The average Bonchev–Trinajstić information content (AvgIpc) is 3.22. The normalized spacial score (nSPS) is 11.8. The molecule has 0 saturated heterocycles. The van der Waals surface area contributed by atoms with Gasteiger partial charge in [0, 0.05) is 19.3 Å². The summed E-state index contributed by atoms with van der Waals surface area (Å²) in [5, 5.41) is 0. The summed E-state index contributed by atoms with van der Waals surface area (Å²) in [7, 11) is 0. The maximum atomic E-state index is 12.7. The molecule has 344 valence electrons. The molecule has 0 unspecified atom stereocenters. The second-order valence-electron chi connectivity index (χ2n) is 17.8. The van der Waals surface area contributed by atoms with Crippen LogP contribution in [0.25, 0.3) is 0 Å². The molecule has 0 aliphatic heterocycles. The Morgan fingerprint density at radius 2 is 0.466 bits per heavy atom. The fraction of sp³-hybridized carbons (Fsp3) is 0.942. The first-order valence-corrected chi connectivity index (χ1v) is 26.0. The second-order valence-corrected chi connectivity index (χ2v) is 17.8. The molecule has 0 amide bonds. The Bertz CT molecular complexity index is 859. The van der Waals surface area contributed by atoms with Crippen LogP contribution >= 0.6 is 0 Å². The number of esters is 3. The minimum absolute atomic E-state index is 0.0619. The maximum Gasteiger partial charge on any atom is 0.306 e. The van der Waals surface area contributed by atoms with E-state index in [0.717, 1.165) is 57.8 Å². The molecule has 1 atom stereocenters. The zero-order chi connectivity index (χ0) is 42.3. The van der Waals surface area contributed by atoms with Crippen LogP contribution < -0.4 is 0 Å². The molecule has 0 bridgehead atoms. The SMILES string of the molecule is CCCCCCCCCCCCCCCCCCC(=O)OC[C@H](COC(=O)CCCCCCCCCCCCCCCC)OC(=O)CCCCCCCCCCCC. The summed E-state index contributed by atoms with van der Waals surface area (Å²) >= 11 is 0. The van der Waals surface area contributed by atoms with Gasteiger partial charge >= 0.3 is 17.9 Å². The summed E-state index contributed by atoms with van der Waals surface area (Å²) < 4.78 is 16.8. The Kier molecular flexibility index (Phi) is 46.8. The zero-order valence-corrected chi connectivity index (χ0v) is 39.3. The van der Waals surface area contributed by atoms with Crippen LogP contribution in [0.15, 0.2) is 0 Å². The zero-order valence-electron chi connectivity index (χ0n) is 39.3. The fourth-order valence-electron chi connectivity index (χ4n) is 7.92. The number of ether oxygens (including phenoxy) is 3. The Morgan fingerprint density at radius 3 is 0.690 bits per heavy atom. The highest BCUT2D eigenvalue weighted by Crippen LogP contribution is 2.17. The van der Waals surface area contributed by atoms with Crippen LogP contribution in [0.4, 0.5) is 0 Å². The van der Waals surface area contributed by atoms with E-state index >= 15 is 0 Å². The molecule has 0 N–H and O–H groups in total. The first-order chi connectivity index (χ1) is 28.5. The van der Waals surface area contributed by atoms with Gasteiger partial charge in [-0.2, -0.15) is 0 Å².